The van der Waals surface area contributed by atoms with Crippen molar-refractivity contribution in [1.82, 2.24) is 5.32 Å². The van der Waals surface area contributed by atoms with Crippen molar-refractivity contribution in [2.75, 3.05) is 19.0 Å². The number of amides is 2. The molecule has 76 valence electrons. The molecule has 2 amide bonds. The van der Waals surface area contributed by atoms with E-state index in [0.717, 1.165) is 16.8 Å². The lowest BCUT2D eigenvalue weighted by Crippen LogP contribution is -2.34. The minimum absolute atomic E-state index is 0.102. The first kappa shape index (κ1) is 10.6. The monoisotopic (exact) mass is 192 g/mol. The van der Waals surface area contributed by atoms with Gasteiger partial charge in [-0.15, -0.1) is 0 Å². The molecule has 1 rings (SSSR count). The number of hydrogen-bond acceptors (Lipinski definition) is 1. The Morgan fingerprint density at radius 3 is 2.14 bits per heavy atom. The van der Waals surface area contributed by atoms with Crippen LogP contribution < -0.4 is 10.2 Å². The van der Waals surface area contributed by atoms with Gasteiger partial charge in [0.15, 0.2) is 0 Å². The Bertz CT molecular complexity index is 327. The molecule has 0 saturated heterocycles. The Morgan fingerprint density at radius 1 is 1.21 bits per heavy atom. The SMILES string of the molecule is CNC(=O)N(C)c1cc(C)cc(C)c1. The maximum Gasteiger partial charge on any atom is 0.321 e. The highest BCUT2D eigenvalue weighted by molar-refractivity contribution is 5.91. The number of urea groups is 1. The van der Waals surface area contributed by atoms with Crippen LogP contribution in [0, 0.1) is 13.8 Å². The quantitative estimate of drug-likeness (QED) is 0.726. The highest BCUT2D eigenvalue weighted by atomic mass is 16.2. The molecular formula is C11H16N2O. The van der Waals surface area contributed by atoms with Gasteiger partial charge < -0.3 is 5.32 Å². The molecule has 0 fully saturated rings. The van der Waals surface area contributed by atoms with Crippen molar-refractivity contribution < 1.29 is 4.79 Å². The smallest absolute Gasteiger partial charge is 0.321 e. The predicted octanol–water partition coefficient (Wildman–Crippen LogP) is 2.08. The summed E-state index contributed by atoms with van der Waals surface area (Å²) in [6.07, 6.45) is 0. The van der Waals surface area contributed by atoms with E-state index in [0.29, 0.717) is 0 Å². The second-order valence-corrected chi connectivity index (χ2v) is 3.46. The van der Waals surface area contributed by atoms with E-state index in [9.17, 15) is 4.79 Å². The molecule has 0 aliphatic rings. The minimum atomic E-state index is -0.102. The second-order valence-electron chi connectivity index (χ2n) is 3.46. The Balaban J connectivity index is 3.00. The molecule has 0 aromatic heterocycles. The van der Waals surface area contributed by atoms with Crippen LogP contribution in [0.1, 0.15) is 11.1 Å². The fourth-order valence-electron chi connectivity index (χ4n) is 1.43. The highest BCUT2D eigenvalue weighted by Crippen LogP contribution is 2.17. The van der Waals surface area contributed by atoms with E-state index < -0.39 is 0 Å². The molecule has 0 heterocycles. The summed E-state index contributed by atoms with van der Waals surface area (Å²) in [5.41, 5.74) is 3.24. The van der Waals surface area contributed by atoms with Gasteiger partial charge in [-0.2, -0.15) is 0 Å². The van der Waals surface area contributed by atoms with Crippen molar-refractivity contribution in [2.24, 2.45) is 0 Å². The number of aryl methyl sites for hydroxylation is 2. The van der Waals surface area contributed by atoms with Gasteiger partial charge in [-0.05, 0) is 37.1 Å². The van der Waals surface area contributed by atoms with Crippen LogP contribution in [0.4, 0.5) is 10.5 Å². The van der Waals surface area contributed by atoms with Crippen LogP contribution in [-0.4, -0.2) is 20.1 Å². The molecule has 0 saturated carbocycles. The maximum atomic E-state index is 11.3. The fraction of sp³-hybridized carbons (Fsp3) is 0.364. The summed E-state index contributed by atoms with van der Waals surface area (Å²) in [4.78, 5) is 12.9. The molecule has 1 aromatic rings. The van der Waals surface area contributed by atoms with E-state index in [1.54, 1.807) is 19.0 Å². The van der Waals surface area contributed by atoms with E-state index in [4.69, 9.17) is 0 Å². The van der Waals surface area contributed by atoms with E-state index in [1.165, 1.54) is 0 Å². The van der Waals surface area contributed by atoms with Crippen LogP contribution >= 0.6 is 0 Å². The molecule has 14 heavy (non-hydrogen) atoms. The number of hydrogen-bond donors (Lipinski definition) is 1. The summed E-state index contributed by atoms with van der Waals surface area (Å²) in [5, 5.41) is 2.59. The van der Waals surface area contributed by atoms with Crippen molar-refractivity contribution in [3.63, 3.8) is 0 Å². The number of nitrogens with one attached hydrogen (secondary N) is 1. The van der Waals surface area contributed by atoms with Crippen molar-refractivity contribution in [2.45, 2.75) is 13.8 Å². The molecule has 3 heteroatoms. The van der Waals surface area contributed by atoms with Gasteiger partial charge in [0.1, 0.15) is 0 Å². The predicted molar refractivity (Wildman–Crippen MR) is 58.8 cm³/mol. The molecule has 0 aliphatic heterocycles. The number of rotatable bonds is 1. The molecule has 0 radical (unpaired) electrons. The third-order valence-corrected chi connectivity index (χ3v) is 2.11. The van der Waals surface area contributed by atoms with E-state index in [-0.39, 0.29) is 6.03 Å². The van der Waals surface area contributed by atoms with Crippen LogP contribution in [-0.2, 0) is 0 Å². The van der Waals surface area contributed by atoms with E-state index >= 15 is 0 Å². The molecule has 0 aliphatic carbocycles. The van der Waals surface area contributed by atoms with Gasteiger partial charge in [0.25, 0.3) is 0 Å². The van der Waals surface area contributed by atoms with Gasteiger partial charge in [-0.1, -0.05) is 6.07 Å². The molecule has 0 bridgehead atoms. The Morgan fingerprint density at radius 2 is 1.71 bits per heavy atom. The zero-order chi connectivity index (χ0) is 10.7. The molecule has 0 spiro atoms. The first-order chi connectivity index (χ1) is 6.54. The maximum absolute atomic E-state index is 11.3. The summed E-state index contributed by atoms with van der Waals surface area (Å²) >= 11 is 0. The highest BCUT2D eigenvalue weighted by Gasteiger charge is 2.08. The summed E-state index contributed by atoms with van der Waals surface area (Å²) in [5.74, 6) is 0. The van der Waals surface area contributed by atoms with Crippen LogP contribution in [0.15, 0.2) is 18.2 Å². The summed E-state index contributed by atoms with van der Waals surface area (Å²) < 4.78 is 0. The van der Waals surface area contributed by atoms with Gasteiger partial charge in [0, 0.05) is 19.8 Å². The average Bonchev–Trinajstić information content (AvgIpc) is 2.14. The Kier molecular flexibility index (Phi) is 3.12. The van der Waals surface area contributed by atoms with Crippen LogP contribution in [0.5, 0.6) is 0 Å². The normalized spacial score (nSPS) is 9.71. The number of carbonyl (C=O) groups is 1. The third kappa shape index (κ3) is 2.25. The second kappa shape index (κ2) is 4.13. The fourth-order valence-corrected chi connectivity index (χ4v) is 1.43. The summed E-state index contributed by atoms with van der Waals surface area (Å²) in [6, 6.07) is 5.96. The largest absolute Gasteiger partial charge is 0.341 e. The standard InChI is InChI=1S/C11H16N2O/c1-8-5-9(2)7-10(6-8)13(4)11(14)12-3/h5-7H,1-4H3,(H,12,14). The summed E-state index contributed by atoms with van der Waals surface area (Å²) in [6.45, 7) is 4.04. The Hall–Kier alpha value is -1.51. The first-order valence-electron chi connectivity index (χ1n) is 4.58. The van der Waals surface area contributed by atoms with Gasteiger partial charge in [0.05, 0.1) is 0 Å². The average molecular weight is 192 g/mol. The van der Waals surface area contributed by atoms with Gasteiger partial charge in [0.2, 0.25) is 0 Å². The molecule has 0 atom stereocenters. The molecular weight excluding hydrogens is 176 g/mol. The summed E-state index contributed by atoms with van der Waals surface area (Å²) in [7, 11) is 3.38. The van der Waals surface area contributed by atoms with Crippen LogP contribution in [0.2, 0.25) is 0 Å². The van der Waals surface area contributed by atoms with Crippen molar-refractivity contribution in [1.29, 1.82) is 0 Å². The van der Waals surface area contributed by atoms with Crippen LogP contribution in [0.3, 0.4) is 0 Å². The topological polar surface area (TPSA) is 32.3 Å². The van der Waals surface area contributed by atoms with Crippen LogP contribution in [0.25, 0.3) is 0 Å². The molecule has 1 N–H and O–H groups in total. The van der Waals surface area contributed by atoms with E-state index in [2.05, 4.69) is 11.4 Å². The number of carbonyl (C=O) groups excluding carboxylic acids is 1. The van der Waals surface area contributed by atoms with Gasteiger partial charge in [-0.3, -0.25) is 4.90 Å². The van der Waals surface area contributed by atoms with Gasteiger partial charge >= 0.3 is 6.03 Å². The van der Waals surface area contributed by atoms with Crippen molar-refractivity contribution in [3.8, 4) is 0 Å². The van der Waals surface area contributed by atoms with Crippen molar-refractivity contribution in [3.05, 3.63) is 29.3 Å². The van der Waals surface area contributed by atoms with Crippen molar-refractivity contribution >= 4 is 11.7 Å². The molecule has 0 unspecified atom stereocenters. The lowest BCUT2D eigenvalue weighted by molar-refractivity contribution is 0.249. The zero-order valence-electron chi connectivity index (χ0n) is 9.09. The zero-order valence-corrected chi connectivity index (χ0v) is 9.09. The minimum Gasteiger partial charge on any atom is -0.341 e. The Labute approximate surface area is 84.7 Å². The van der Waals surface area contributed by atoms with E-state index in [1.807, 2.05) is 26.0 Å². The molecule has 3 nitrogen and oxygen atoms in total. The first-order valence-corrected chi connectivity index (χ1v) is 4.58. The number of benzene rings is 1. The molecule has 1 aromatic carbocycles. The third-order valence-electron chi connectivity index (χ3n) is 2.11. The lowest BCUT2D eigenvalue weighted by Gasteiger charge is -2.17. The lowest BCUT2D eigenvalue weighted by atomic mass is 10.1. The number of nitrogens with zero attached hydrogens (tertiary/aromatic N) is 1. The van der Waals surface area contributed by atoms with Gasteiger partial charge in [-0.25, -0.2) is 4.79 Å². The number of anilines is 1.